The van der Waals surface area contributed by atoms with Gasteiger partial charge in [0.1, 0.15) is 0 Å². The van der Waals surface area contributed by atoms with Crippen LogP contribution in [0.25, 0.3) is 0 Å². The number of carboxylic acids is 1. The van der Waals surface area contributed by atoms with Crippen LogP contribution in [-0.4, -0.2) is 46.6 Å². The first kappa shape index (κ1) is 11.4. The third kappa shape index (κ3) is 2.92. The summed E-state index contributed by atoms with van der Waals surface area (Å²) in [6.45, 7) is 0. The van der Waals surface area contributed by atoms with E-state index in [4.69, 9.17) is 10.8 Å². The second-order valence-corrected chi connectivity index (χ2v) is 4.82. The number of carboxylic acid groups (broad SMARTS) is 1. The van der Waals surface area contributed by atoms with E-state index in [1.165, 1.54) is 0 Å². The van der Waals surface area contributed by atoms with E-state index >= 15 is 0 Å². The third-order valence-corrected chi connectivity index (χ3v) is 3.18. The molecule has 0 bridgehead atoms. The molecule has 0 aliphatic heterocycles. The molecule has 5 heteroatoms. The molecule has 0 aliphatic rings. The minimum absolute atomic E-state index is 0.264. The summed E-state index contributed by atoms with van der Waals surface area (Å²) in [5.74, 6) is -0.743. The first-order chi connectivity index (χ1) is 6.50. The molecule has 1 aromatic rings. The molecule has 1 aromatic carbocycles. The van der Waals surface area contributed by atoms with E-state index in [1.54, 1.807) is 18.2 Å². The van der Waals surface area contributed by atoms with Crippen LogP contribution in [0, 0.1) is 0 Å². The van der Waals surface area contributed by atoms with Crippen molar-refractivity contribution in [2.75, 3.05) is 0 Å². The zero-order chi connectivity index (χ0) is 10.7. The topological polar surface area (TPSA) is 83.5 Å². The van der Waals surface area contributed by atoms with Gasteiger partial charge in [0, 0.05) is 0 Å². The van der Waals surface area contributed by atoms with E-state index in [2.05, 4.69) is 0 Å². The van der Waals surface area contributed by atoms with Gasteiger partial charge in [-0.3, -0.25) is 0 Å². The van der Waals surface area contributed by atoms with Crippen LogP contribution < -0.4 is 9.05 Å². The number of nitrogens with two attached hydrogens (primary N) is 1. The van der Waals surface area contributed by atoms with Crippen LogP contribution in [0.1, 0.15) is 5.56 Å². The van der Waals surface area contributed by atoms with Crippen molar-refractivity contribution < 1.29 is 15.0 Å². The van der Waals surface area contributed by atoms with Crippen molar-refractivity contribution in [1.29, 1.82) is 0 Å². The van der Waals surface area contributed by atoms with Gasteiger partial charge in [-0.15, -0.1) is 0 Å². The van der Waals surface area contributed by atoms with E-state index in [1.807, 2.05) is 0 Å². The van der Waals surface area contributed by atoms with E-state index in [9.17, 15) is 9.90 Å². The Morgan fingerprint density at radius 2 is 2.21 bits per heavy atom. The zero-order valence-corrected chi connectivity index (χ0v) is 10.8. The van der Waals surface area contributed by atoms with Crippen molar-refractivity contribution in [2.45, 2.75) is 12.5 Å². The molecule has 0 aliphatic carbocycles. The molecule has 2 radical (unpaired) electrons. The van der Waals surface area contributed by atoms with Crippen molar-refractivity contribution in [3.63, 3.8) is 0 Å². The summed E-state index contributed by atoms with van der Waals surface area (Å²) in [6, 6.07) is 4.18. The van der Waals surface area contributed by atoms with Gasteiger partial charge in [0.25, 0.3) is 0 Å². The van der Waals surface area contributed by atoms with E-state index < -0.39 is 12.0 Å². The molecule has 0 fully saturated rings. The average molecular weight is 295 g/mol. The Kier molecular flexibility index (Phi) is 3.83. The number of phenols is 1. The fourth-order valence-corrected chi connectivity index (χ4v) is 1.96. The van der Waals surface area contributed by atoms with Gasteiger partial charge in [0.2, 0.25) is 0 Å². The third-order valence-electron chi connectivity index (χ3n) is 1.86. The molecule has 4 N–H and O–H groups in total. The van der Waals surface area contributed by atoms with E-state index in [0.29, 0.717) is 6.42 Å². The molecule has 0 aromatic heterocycles. The van der Waals surface area contributed by atoms with Gasteiger partial charge in [-0.05, 0) is 0 Å². The summed E-state index contributed by atoms with van der Waals surface area (Å²) < 4.78 is 0.852. The van der Waals surface area contributed by atoms with Crippen molar-refractivity contribution in [3.05, 3.63) is 23.8 Å². The average Bonchev–Trinajstić information content (AvgIpc) is 2.11. The first-order valence-corrected chi connectivity index (χ1v) is 5.71. The summed E-state index contributed by atoms with van der Waals surface area (Å²) in [4.78, 5) is 10.5. The molecule has 0 heterocycles. The summed E-state index contributed by atoms with van der Waals surface area (Å²) in [7, 11) is 0. The Hall–Kier alpha value is -0.680. The maximum atomic E-state index is 10.5. The monoisotopic (exact) mass is 295 g/mol. The van der Waals surface area contributed by atoms with Gasteiger partial charge in [-0.1, -0.05) is 0 Å². The number of rotatable bonds is 3. The van der Waals surface area contributed by atoms with Gasteiger partial charge in [-0.2, -0.15) is 0 Å². The molecule has 0 saturated carbocycles. The summed E-state index contributed by atoms with van der Waals surface area (Å²) in [6.07, 6.45) is 0.295. The molecule has 0 saturated heterocycles. The van der Waals surface area contributed by atoms with E-state index in [-0.39, 0.29) is 5.75 Å². The van der Waals surface area contributed by atoms with Crippen molar-refractivity contribution in [1.82, 2.24) is 0 Å². The molecular formula is C9H10InNO3. The Morgan fingerprint density at radius 3 is 2.71 bits per heavy atom. The van der Waals surface area contributed by atoms with Crippen LogP contribution in [0.5, 0.6) is 5.75 Å². The zero-order valence-electron chi connectivity index (χ0n) is 7.47. The molecular weight excluding hydrogens is 285 g/mol. The van der Waals surface area contributed by atoms with Gasteiger partial charge >= 0.3 is 96.4 Å². The van der Waals surface area contributed by atoms with Gasteiger partial charge in [0.05, 0.1) is 0 Å². The van der Waals surface area contributed by atoms with Crippen molar-refractivity contribution in [2.24, 2.45) is 5.73 Å². The fraction of sp³-hybridized carbons (Fsp3) is 0.222. The van der Waals surface area contributed by atoms with Crippen LogP contribution in [0.4, 0.5) is 0 Å². The van der Waals surface area contributed by atoms with Crippen LogP contribution >= 0.6 is 0 Å². The van der Waals surface area contributed by atoms with Gasteiger partial charge < -0.3 is 0 Å². The Labute approximate surface area is 96.3 Å². The number of aliphatic carboxylic acids is 1. The van der Waals surface area contributed by atoms with Gasteiger partial charge in [-0.25, -0.2) is 0 Å². The van der Waals surface area contributed by atoms with Crippen LogP contribution in [0.2, 0.25) is 0 Å². The second-order valence-electron chi connectivity index (χ2n) is 3.04. The number of carbonyl (C=O) groups is 1. The first-order valence-electron chi connectivity index (χ1n) is 4.06. The second kappa shape index (κ2) is 4.70. The molecule has 0 spiro atoms. The quantitative estimate of drug-likeness (QED) is 0.677. The molecule has 14 heavy (non-hydrogen) atoms. The number of phenolic OH excluding ortho intramolecular Hbond substituents is 1. The predicted molar refractivity (Wildman–Crippen MR) is 52.8 cm³/mol. The Bertz CT molecular complexity index is 354. The summed E-state index contributed by atoms with van der Waals surface area (Å²) >= 11 is 0.799. The summed E-state index contributed by atoms with van der Waals surface area (Å²) in [5, 5.41) is 17.9. The number of aromatic hydroxyl groups is 1. The van der Waals surface area contributed by atoms with Crippen molar-refractivity contribution >= 4 is 33.7 Å². The van der Waals surface area contributed by atoms with Crippen molar-refractivity contribution in [3.8, 4) is 5.75 Å². The molecule has 72 valence electrons. The predicted octanol–water partition coefficient (Wildman–Crippen LogP) is -0.860. The van der Waals surface area contributed by atoms with Gasteiger partial charge in [0.15, 0.2) is 0 Å². The minimum atomic E-state index is -1.01. The molecule has 1 atom stereocenters. The number of hydrogen-bond acceptors (Lipinski definition) is 3. The Balaban J connectivity index is 2.78. The Morgan fingerprint density at radius 1 is 1.57 bits per heavy atom. The maximum absolute atomic E-state index is 10.5. The number of benzene rings is 1. The number of hydrogen-bond donors (Lipinski definition) is 3. The van der Waals surface area contributed by atoms with Crippen LogP contribution in [-0.2, 0) is 11.2 Å². The molecule has 1 rings (SSSR count). The normalized spacial score (nSPS) is 12.4. The SMILES string of the molecule is N[C@@H](Cc1ccc(O)[c]([In])c1)C(=O)O. The van der Waals surface area contributed by atoms with E-state index in [0.717, 1.165) is 33.3 Å². The fourth-order valence-electron chi connectivity index (χ4n) is 1.07. The van der Waals surface area contributed by atoms with Crippen LogP contribution in [0.3, 0.4) is 0 Å². The molecule has 4 nitrogen and oxygen atoms in total. The molecule has 0 unspecified atom stereocenters. The standard InChI is InChI=1S/C9H10NO3.In/c10-8(9(12)13)5-6-1-3-7(11)4-2-6;/h1-3,8,11H,5,10H2,(H,12,13);/t8-;/m0./s1. The molecule has 0 amide bonds. The van der Waals surface area contributed by atoms with Crippen LogP contribution in [0.15, 0.2) is 18.2 Å². The summed E-state index contributed by atoms with van der Waals surface area (Å²) in [5.41, 5.74) is 6.23.